The van der Waals surface area contributed by atoms with Gasteiger partial charge >= 0.3 is 0 Å². The number of anilines is 1. The van der Waals surface area contributed by atoms with Crippen LogP contribution in [-0.2, 0) is 4.74 Å². The molecule has 7 heteroatoms. The van der Waals surface area contributed by atoms with E-state index in [0.717, 1.165) is 50.8 Å². The number of nitrogens with one attached hydrogen (secondary N) is 2. The second kappa shape index (κ2) is 9.90. The van der Waals surface area contributed by atoms with E-state index < -0.39 is 0 Å². The van der Waals surface area contributed by atoms with Gasteiger partial charge in [0.15, 0.2) is 10.9 Å². The fourth-order valence-electron chi connectivity index (χ4n) is 2.74. The first kappa shape index (κ1) is 19.9. The Labute approximate surface area is 170 Å². The molecular formula is C20H24ClN3O2S. The van der Waals surface area contributed by atoms with Crippen molar-refractivity contribution in [3.8, 4) is 11.5 Å². The molecule has 1 fully saturated rings. The molecule has 1 saturated heterocycles. The van der Waals surface area contributed by atoms with Crippen LogP contribution in [0.5, 0.6) is 11.5 Å². The lowest BCUT2D eigenvalue weighted by atomic mass is 10.2. The highest BCUT2D eigenvalue weighted by molar-refractivity contribution is 7.80. The van der Waals surface area contributed by atoms with Gasteiger partial charge in [-0.3, -0.25) is 4.90 Å². The quantitative estimate of drug-likeness (QED) is 0.707. The van der Waals surface area contributed by atoms with E-state index in [2.05, 4.69) is 15.5 Å². The van der Waals surface area contributed by atoms with E-state index >= 15 is 0 Å². The first-order valence-corrected chi connectivity index (χ1v) is 9.78. The van der Waals surface area contributed by atoms with Gasteiger partial charge in [-0.25, -0.2) is 0 Å². The van der Waals surface area contributed by atoms with Gasteiger partial charge in [-0.15, -0.1) is 0 Å². The van der Waals surface area contributed by atoms with Crippen molar-refractivity contribution in [3.63, 3.8) is 0 Å². The number of ether oxygens (including phenoxy) is 2. The second-order valence-corrected chi connectivity index (χ2v) is 7.24. The van der Waals surface area contributed by atoms with Crippen molar-refractivity contribution < 1.29 is 9.47 Å². The van der Waals surface area contributed by atoms with Crippen molar-refractivity contribution in [2.45, 2.75) is 6.92 Å². The number of aryl methyl sites for hydroxylation is 1. The van der Waals surface area contributed by atoms with Crippen molar-refractivity contribution in [1.82, 2.24) is 10.2 Å². The highest BCUT2D eigenvalue weighted by Crippen LogP contribution is 2.32. The van der Waals surface area contributed by atoms with Crippen molar-refractivity contribution in [2.24, 2.45) is 0 Å². The van der Waals surface area contributed by atoms with Crippen LogP contribution >= 0.6 is 23.8 Å². The minimum absolute atomic E-state index is 0.541. The highest BCUT2D eigenvalue weighted by Gasteiger charge is 2.11. The lowest BCUT2D eigenvalue weighted by molar-refractivity contribution is 0.0389. The van der Waals surface area contributed by atoms with Gasteiger partial charge in [-0.1, -0.05) is 29.3 Å². The van der Waals surface area contributed by atoms with Crippen molar-refractivity contribution in [3.05, 3.63) is 53.1 Å². The number of hydrogen-bond acceptors (Lipinski definition) is 4. The largest absolute Gasteiger partial charge is 0.455 e. The molecule has 27 heavy (non-hydrogen) atoms. The molecule has 0 aliphatic carbocycles. The predicted octanol–water partition coefficient (Wildman–Crippen LogP) is 4.06. The number of morpholine rings is 1. The summed E-state index contributed by atoms with van der Waals surface area (Å²) in [6.07, 6.45) is 0. The van der Waals surface area contributed by atoms with E-state index in [9.17, 15) is 0 Å². The molecule has 1 aliphatic heterocycles. The third kappa shape index (κ3) is 6.36. The van der Waals surface area contributed by atoms with Crippen LogP contribution in [0.4, 0.5) is 5.69 Å². The summed E-state index contributed by atoms with van der Waals surface area (Å²) in [5, 5.41) is 7.58. The van der Waals surface area contributed by atoms with Crippen LogP contribution in [0, 0.1) is 6.92 Å². The molecule has 2 aromatic carbocycles. The van der Waals surface area contributed by atoms with Gasteiger partial charge in [0.2, 0.25) is 0 Å². The predicted molar refractivity (Wildman–Crippen MR) is 114 cm³/mol. The highest BCUT2D eigenvalue weighted by atomic mass is 35.5. The summed E-state index contributed by atoms with van der Waals surface area (Å²) in [5.74, 6) is 1.43. The minimum atomic E-state index is 0.541. The molecule has 0 spiro atoms. The first-order valence-electron chi connectivity index (χ1n) is 8.99. The van der Waals surface area contributed by atoms with Gasteiger partial charge in [0.25, 0.3) is 0 Å². The monoisotopic (exact) mass is 405 g/mol. The Bertz CT molecular complexity index is 764. The molecule has 2 N–H and O–H groups in total. The summed E-state index contributed by atoms with van der Waals surface area (Å²) < 4.78 is 11.3. The van der Waals surface area contributed by atoms with Crippen LogP contribution in [0.2, 0.25) is 5.02 Å². The zero-order valence-electron chi connectivity index (χ0n) is 15.3. The molecule has 0 unspecified atom stereocenters. The Balaban J connectivity index is 1.57. The summed E-state index contributed by atoms with van der Waals surface area (Å²) in [6, 6.07) is 13.3. The number of benzene rings is 2. The number of hydrogen-bond donors (Lipinski definition) is 2. The van der Waals surface area contributed by atoms with E-state index in [4.69, 9.17) is 33.3 Å². The van der Waals surface area contributed by atoms with Gasteiger partial charge in [-0.05, 0) is 49.5 Å². The van der Waals surface area contributed by atoms with Gasteiger partial charge in [0.1, 0.15) is 5.75 Å². The Hall–Kier alpha value is -1.86. The fraction of sp³-hybridized carbons (Fsp3) is 0.350. The average Bonchev–Trinajstić information content (AvgIpc) is 2.66. The van der Waals surface area contributed by atoms with Gasteiger partial charge in [0, 0.05) is 31.2 Å². The van der Waals surface area contributed by atoms with Crippen LogP contribution in [-0.4, -0.2) is 49.4 Å². The molecule has 1 heterocycles. The van der Waals surface area contributed by atoms with Crippen LogP contribution in [0.25, 0.3) is 0 Å². The number of rotatable bonds is 6. The maximum atomic E-state index is 6.15. The third-order valence-corrected chi connectivity index (χ3v) is 4.74. The topological polar surface area (TPSA) is 45.8 Å². The summed E-state index contributed by atoms with van der Waals surface area (Å²) in [6.45, 7) is 7.25. The molecule has 3 rings (SSSR count). The molecular weight excluding hydrogens is 382 g/mol. The standard InChI is InChI=1S/C20H24ClN3O2S/c1-15-2-5-17(6-3-15)26-19-7-4-16(21)14-18(19)23-20(27)22-8-9-24-10-12-25-13-11-24/h2-7,14H,8-13H2,1H3,(H2,22,23,27). The summed E-state index contributed by atoms with van der Waals surface area (Å²) in [4.78, 5) is 2.35. The number of halogens is 1. The molecule has 2 aromatic rings. The molecule has 144 valence electrons. The molecule has 0 aromatic heterocycles. The summed E-state index contributed by atoms with van der Waals surface area (Å²) in [5.41, 5.74) is 1.91. The Kier molecular flexibility index (Phi) is 7.29. The molecule has 0 saturated carbocycles. The summed E-state index contributed by atoms with van der Waals surface area (Å²) in [7, 11) is 0. The fourth-order valence-corrected chi connectivity index (χ4v) is 3.13. The molecule has 0 atom stereocenters. The average molecular weight is 406 g/mol. The van der Waals surface area contributed by atoms with E-state index in [0.29, 0.717) is 15.9 Å². The summed E-state index contributed by atoms with van der Waals surface area (Å²) >= 11 is 11.6. The van der Waals surface area contributed by atoms with Crippen LogP contribution in [0.3, 0.4) is 0 Å². The first-order chi connectivity index (χ1) is 13.1. The third-order valence-electron chi connectivity index (χ3n) is 4.26. The van der Waals surface area contributed by atoms with Crippen LogP contribution in [0.1, 0.15) is 5.56 Å². The number of thiocarbonyl (C=S) groups is 1. The van der Waals surface area contributed by atoms with Crippen molar-refractivity contribution >= 4 is 34.6 Å². The van der Waals surface area contributed by atoms with Crippen LogP contribution < -0.4 is 15.4 Å². The minimum Gasteiger partial charge on any atom is -0.455 e. The van der Waals surface area contributed by atoms with Crippen LogP contribution in [0.15, 0.2) is 42.5 Å². The maximum Gasteiger partial charge on any atom is 0.170 e. The van der Waals surface area contributed by atoms with E-state index in [-0.39, 0.29) is 0 Å². The lowest BCUT2D eigenvalue weighted by Crippen LogP contribution is -2.42. The zero-order valence-corrected chi connectivity index (χ0v) is 16.9. The van der Waals surface area contributed by atoms with E-state index in [1.165, 1.54) is 5.56 Å². The van der Waals surface area contributed by atoms with Crippen molar-refractivity contribution in [1.29, 1.82) is 0 Å². The molecule has 0 bridgehead atoms. The smallest absolute Gasteiger partial charge is 0.170 e. The van der Waals surface area contributed by atoms with E-state index in [1.807, 2.05) is 37.3 Å². The second-order valence-electron chi connectivity index (χ2n) is 6.39. The molecule has 1 aliphatic rings. The molecule has 0 radical (unpaired) electrons. The molecule has 0 amide bonds. The van der Waals surface area contributed by atoms with Gasteiger partial charge in [0.05, 0.1) is 18.9 Å². The van der Waals surface area contributed by atoms with E-state index in [1.54, 1.807) is 12.1 Å². The van der Waals surface area contributed by atoms with Gasteiger partial charge < -0.3 is 20.1 Å². The Morgan fingerprint density at radius 2 is 1.93 bits per heavy atom. The van der Waals surface area contributed by atoms with Gasteiger partial charge in [-0.2, -0.15) is 0 Å². The van der Waals surface area contributed by atoms with Crippen molar-refractivity contribution in [2.75, 3.05) is 44.7 Å². The maximum absolute atomic E-state index is 6.15. The Morgan fingerprint density at radius 1 is 1.19 bits per heavy atom. The number of nitrogens with zero attached hydrogens (tertiary/aromatic N) is 1. The normalized spacial score (nSPS) is 14.6. The Morgan fingerprint density at radius 3 is 2.67 bits per heavy atom. The molecule has 5 nitrogen and oxygen atoms in total. The zero-order chi connectivity index (χ0) is 19.1. The lowest BCUT2D eigenvalue weighted by Gasteiger charge is -2.26. The SMILES string of the molecule is Cc1ccc(Oc2ccc(Cl)cc2NC(=S)NCCN2CCOCC2)cc1.